The Balaban J connectivity index is 1.22. The van der Waals surface area contributed by atoms with Crippen molar-refractivity contribution in [1.82, 2.24) is 10.2 Å². The van der Waals surface area contributed by atoms with Crippen LogP contribution in [0.1, 0.15) is 45.5 Å². The van der Waals surface area contributed by atoms with Crippen LogP contribution in [-0.4, -0.2) is 61.6 Å². The number of carbonyl (C=O) groups excluding carboxylic acids is 3. The number of benzene rings is 3. The first-order valence-electron chi connectivity index (χ1n) is 13.5. The topological polar surface area (TPSA) is 106 Å². The highest BCUT2D eigenvalue weighted by molar-refractivity contribution is 6.05. The molecule has 3 atom stereocenters. The van der Waals surface area contributed by atoms with E-state index in [2.05, 4.69) is 10.6 Å². The summed E-state index contributed by atoms with van der Waals surface area (Å²) < 4.78 is 31.3. The Bertz CT molecular complexity index is 1450. The van der Waals surface area contributed by atoms with E-state index in [0.717, 1.165) is 0 Å². The van der Waals surface area contributed by atoms with Gasteiger partial charge in [0.25, 0.3) is 11.8 Å². The number of rotatable bonds is 7. The lowest BCUT2D eigenvalue weighted by Gasteiger charge is -2.42. The Morgan fingerprint density at radius 2 is 1.90 bits per heavy atom. The normalized spacial score (nSPS) is 20.0. The number of hydrogen-bond acceptors (Lipinski definition) is 6. The minimum absolute atomic E-state index is 0.101. The third-order valence-corrected chi connectivity index (χ3v) is 7.45. The molecule has 0 aliphatic carbocycles. The number of amides is 3. The van der Waals surface area contributed by atoms with Crippen molar-refractivity contribution in [3.05, 3.63) is 89.2 Å². The van der Waals surface area contributed by atoms with Gasteiger partial charge in [0.05, 0.1) is 31.2 Å². The van der Waals surface area contributed by atoms with E-state index in [1.807, 2.05) is 0 Å². The number of fused-ring (bicyclic) bond motifs is 2. The van der Waals surface area contributed by atoms with Crippen LogP contribution >= 0.6 is 0 Å². The molecule has 0 unspecified atom stereocenters. The van der Waals surface area contributed by atoms with Gasteiger partial charge in [-0.3, -0.25) is 14.4 Å². The number of nitrogens with one attached hydrogen (secondary N) is 2. The van der Waals surface area contributed by atoms with Crippen LogP contribution in [0.25, 0.3) is 0 Å². The fourth-order valence-corrected chi connectivity index (χ4v) is 5.19. The molecule has 0 bridgehead atoms. The molecule has 1 saturated heterocycles. The summed E-state index contributed by atoms with van der Waals surface area (Å²) in [4.78, 5) is 40.5. The van der Waals surface area contributed by atoms with E-state index in [4.69, 9.17) is 14.2 Å². The first kappa shape index (κ1) is 28.1. The van der Waals surface area contributed by atoms with E-state index >= 15 is 0 Å². The second-order valence-corrected chi connectivity index (χ2v) is 10.1. The third-order valence-electron chi connectivity index (χ3n) is 7.45. The predicted molar refractivity (Wildman–Crippen MR) is 150 cm³/mol. The summed E-state index contributed by atoms with van der Waals surface area (Å²) in [6, 6.07) is 17.8. The van der Waals surface area contributed by atoms with Gasteiger partial charge in [0, 0.05) is 30.4 Å². The Kier molecular flexibility index (Phi) is 8.49. The quantitative estimate of drug-likeness (QED) is 0.449. The van der Waals surface area contributed by atoms with E-state index in [-0.39, 0.29) is 55.3 Å². The summed E-state index contributed by atoms with van der Waals surface area (Å²) in [5, 5.41) is 5.59. The molecule has 2 heterocycles. The fourth-order valence-electron chi connectivity index (χ4n) is 5.19. The molecule has 2 aliphatic rings. The molecule has 0 spiro atoms. The van der Waals surface area contributed by atoms with Crippen LogP contribution in [0, 0.1) is 5.82 Å². The lowest BCUT2D eigenvalue weighted by atomic mass is 9.94. The number of anilines is 1. The van der Waals surface area contributed by atoms with Crippen molar-refractivity contribution >= 4 is 23.4 Å². The maximum absolute atomic E-state index is 13.9. The SMILES string of the molecule is COc1cccc(C(=O)Nc2ccc3c(c2)C(=O)N(C)[C@H]2CC[C@@H](CC(=O)NCc4ccccc4F)O[C@H]2CO3)c1. The predicted octanol–water partition coefficient (Wildman–Crippen LogP) is 4.17. The molecule has 2 aliphatic heterocycles. The molecular weight excluding hydrogens is 529 g/mol. The summed E-state index contributed by atoms with van der Waals surface area (Å²) >= 11 is 0. The molecule has 1 fully saturated rings. The number of carbonyl (C=O) groups is 3. The molecular formula is C31H32FN3O6. The molecule has 2 N–H and O–H groups in total. The van der Waals surface area contributed by atoms with Crippen LogP contribution in [0.15, 0.2) is 66.7 Å². The summed E-state index contributed by atoms with van der Waals surface area (Å²) in [6.45, 7) is 0.293. The number of ether oxygens (including phenoxy) is 3. The van der Waals surface area contributed by atoms with Crippen molar-refractivity contribution < 1.29 is 33.0 Å². The van der Waals surface area contributed by atoms with Gasteiger partial charge in [-0.2, -0.15) is 0 Å². The number of methoxy groups -OCH3 is 1. The highest BCUT2D eigenvalue weighted by Gasteiger charge is 2.39. The number of nitrogens with zero attached hydrogens (tertiary/aromatic N) is 1. The Morgan fingerprint density at radius 3 is 2.71 bits per heavy atom. The highest BCUT2D eigenvalue weighted by atomic mass is 19.1. The number of hydrogen-bond donors (Lipinski definition) is 2. The monoisotopic (exact) mass is 561 g/mol. The van der Waals surface area contributed by atoms with Crippen molar-refractivity contribution in [2.75, 3.05) is 26.1 Å². The van der Waals surface area contributed by atoms with Crippen LogP contribution in [-0.2, 0) is 16.1 Å². The molecule has 9 nitrogen and oxygen atoms in total. The third kappa shape index (κ3) is 6.49. The van der Waals surface area contributed by atoms with Crippen LogP contribution in [0.5, 0.6) is 11.5 Å². The standard InChI is InChI=1S/C31H32FN3O6/c1-35-26-12-11-23(16-29(36)33-17-20-6-3-4-9-25(20)32)41-28(26)18-40-27-13-10-21(15-24(27)31(35)38)34-30(37)19-7-5-8-22(14-19)39-2/h3-10,13-15,23,26,28H,11-12,16-18H2,1-2H3,(H,33,36)(H,34,37)/t23-,26-,28-/m0/s1. The van der Waals surface area contributed by atoms with E-state index < -0.39 is 6.10 Å². The largest absolute Gasteiger partial charge is 0.497 e. The minimum atomic E-state index is -0.428. The fraction of sp³-hybridized carbons (Fsp3) is 0.323. The van der Waals surface area contributed by atoms with Crippen LogP contribution in [0.3, 0.4) is 0 Å². The van der Waals surface area contributed by atoms with E-state index in [0.29, 0.717) is 46.7 Å². The lowest BCUT2D eigenvalue weighted by Crippen LogP contribution is -2.53. The molecule has 0 aromatic heterocycles. The van der Waals surface area contributed by atoms with Crippen molar-refractivity contribution in [1.29, 1.82) is 0 Å². The average molecular weight is 562 g/mol. The van der Waals surface area contributed by atoms with Gasteiger partial charge in [-0.05, 0) is 55.3 Å². The van der Waals surface area contributed by atoms with Crippen molar-refractivity contribution in [2.45, 2.75) is 44.1 Å². The maximum Gasteiger partial charge on any atom is 0.257 e. The molecule has 10 heteroatoms. The number of likely N-dealkylation sites (N-methyl/N-ethyl adjacent to an activating group) is 1. The van der Waals surface area contributed by atoms with Crippen molar-refractivity contribution in [3.8, 4) is 11.5 Å². The van der Waals surface area contributed by atoms with Gasteiger partial charge in [-0.15, -0.1) is 0 Å². The minimum Gasteiger partial charge on any atom is -0.497 e. The highest BCUT2D eigenvalue weighted by Crippen LogP contribution is 2.32. The van der Waals surface area contributed by atoms with E-state index in [1.54, 1.807) is 72.6 Å². The molecule has 214 valence electrons. The Hall–Kier alpha value is -4.44. The van der Waals surface area contributed by atoms with Crippen LogP contribution < -0.4 is 20.1 Å². The second kappa shape index (κ2) is 12.4. The molecule has 41 heavy (non-hydrogen) atoms. The lowest BCUT2D eigenvalue weighted by molar-refractivity contribution is -0.134. The molecule has 5 rings (SSSR count). The van der Waals surface area contributed by atoms with Gasteiger partial charge in [0.1, 0.15) is 30.0 Å². The van der Waals surface area contributed by atoms with Crippen LogP contribution in [0.4, 0.5) is 10.1 Å². The Morgan fingerprint density at radius 1 is 1.07 bits per heavy atom. The molecule has 0 saturated carbocycles. The average Bonchev–Trinajstić information content (AvgIpc) is 2.99. The van der Waals surface area contributed by atoms with Gasteiger partial charge >= 0.3 is 0 Å². The summed E-state index contributed by atoms with van der Waals surface area (Å²) in [7, 11) is 3.25. The molecule has 3 aromatic carbocycles. The summed E-state index contributed by atoms with van der Waals surface area (Å²) in [6.07, 6.45) is 0.556. The zero-order valence-electron chi connectivity index (χ0n) is 22.9. The van der Waals surface area contributed by atoms with Gasteiger partial charge in [-0.25, -0.2) is 4.39 Å². The first-order chi connectivity index (χ1) is 19.8. The van der Waals surface area contributed by atoms with E-state index in [1.165, 1.54) is 13.2 Å². The molecule has 3 aromatic rings. The zero-order valence-corrected chi connectivity index (χ0v) is 22.9. The van der Waals surface area contributed by atoms with E-state index in [9.17, 15) is 18.8 Å². The van der Waals surface area contributed by atoms with Crippen molar-refractivity contribution in [3.63, 3.8) is 0 Å². The Labute approximate surface area is 237 Å². The number of halogens is 1. The van der Waals surface area contributed by atoms with Gasteiger partial charge in [-0.1, -0.05) is 24.3 Å². The van der Waals surface area contributed by atoms with Gasteiger partial charge in [0.2, 0.25) is 5.91 Å². The second-order valence-electron chi connectivity index (χ2n) is 10.1. The first-order valence-corrected chi connectivity index (χ1v) is 13.5. The summed E-state index contributed by atoms with van der Waals surface area (Å²) in [5.74, 6) is -0.237. The van der Waals surface area contributed by atoms with Gasteiger partial charge in [0.15, 0.2) is 0 Å². The zero-order chi connectivity index (χ0) is 28.9. The smallest absolute Gasteiger partial charge is 0.257 e. The van der Waals surface area contributed by atoms with Crippen molar-refractivity contribution in [2.24, 2.45) is 0 Å². The molecule has 0 radical (unpaired) electrons. The molecule has 3 amide bonds. The van der Waals surface area contributed by atoms with Gasteiger partial charge < -0.3 is 29.7 Å². The maximum atomic E-state index is 13.9. The van der Waals surface area contributed by atoms with Crippen LogP contribution in [0.2, 0.25) is 0 Å². The summed E-state index contributed by atoms with van der Waals surface area (Å²) in [5.41, 5.74) is 1.64.